The number of halogens is 3. The van der Waals surface area contributed by atoms with Gasteiger partial charge < -0.3 is 5.32 Å². The highest BCUT2D eigenvalue weighted by Gasteiger charge is 2.16. The molecule has 0 aliphatic carbocycles. The third kappa shape index (κ3) is 3.16. The standard InChI is InChI=1S/C13H11F3N2OS/c1-7(13-17-2-3-20-13)6-18-12(19)8-4-9(14)11(16)10(15)5-8/h2-5,7H,6H2,1H3,(H,18,19). The summed E-state index contributed by atoms with van der Waals surface area (Å²) in [7, 11) is 0. The van der Waals surface area contributed by atoms with Crippen LogP contribution in [0.2, 0.25) is 0 Å². The lowest BCUT2D eigenvalue weighted by molar-refractivity contribution is 0.0950. The largest absolute Gasteiger partial charge is 0.351 e. The minimum Gasteiger partial charge on any atom is -0.351 e. The van der Waals surface area contributed by atoms with Crippen LogP contribution in [0.1, 0.15) is 28.2 Å². The number of hydrogen-bond donors (Lipinski definition) is 1. The third-order valence-electron chi connectivity index (χ3n) is 2.69. The van der Waals surface area contributed by atoms with E-state index in [9.17, 15) is 18.0 Å². The molecule has 7 heteroatoms. The zero-order chi connectivity index (χ0) is 14.7. The summed E-state index contributed by atoms with van der Waals surface area (Å²) in [5.41, 5.74) is -0.257. The van der Waals surface area contributed by atoms with Crippen molar-refractivity contribution in [2.24, 2.45) is 0 Å². The number of carbonyl (C=O) groups excluding carboxylic acids is 1. The first-order valence-corrected chi connectivity index (χ1v) is 6.69. The van der Waals surface area contributed by atoms with Gasteiger partial charge in [-0.3, -0.25) is 4.79 Å². The molecule has 2 rings (SSSR count). The van der Waals surface area contributed by atoms with Gasteiger partial charge in [0.2, 0.25) is 0 Å². The average Bonchev–Trinajstić information content (AvgIpc) is 2.95. The van der Waals surface area contributed by atoms with Crippen molar-refractivity contribution >= 4 is 17.2 Å². The van der Waals surface area contributed by atoms with Crippen molar-refractivity contribution in [3.63, 3.8) is 0 Å². The Kier molecular flexibility index (Phi) is 4.39. The minimum atomic E-state index is -1.59. The van der Waals surface area contributed by atoms with Crippen LogP contribution in [0, 0.1) is 17.5 Å². The van der Waals surface area contributed by atoms with Crippen molar-refractivity contribution < 1.29 is 18.0 Å². The van der Waals surface area contributed by atoms with E-state index in [-0.39, 0.29) is 18.0 Å². The molecule has 0 bridgehead atoms. The number of carbonyl (C=O) groups is 1. The number of nitrogens with one attached hydrogen (secondary N) is 1. The molecule has 0 saturated carbocycles. The monoisotopic (exact) mass is 300 g/mol. The maximum Gasteiger partial charge on any atom is 0.251 e. The lowest BCUT2D eigenvalue weighted by Gasteiger charge is -2.10. The Bertz CT molecular complexity index is 593. The molecule has 1 heterocycles. The third-order valence-corrected chi connectivity index (χ3v) is 3.69. The Morgan fingerprint density at radius 2 is 2.00 bits per heavy atom. The average molecular weight is 300 g/mol. The molecule has 2 aromatic rings. The minimum absolute atomic E-state index is 0.0194. The molecular weight excluding hydrogens is 289 g/mol. The Hall–Kier alpha value is -1.89. The summed E-state index contributed by atoms with van der Waals surface area (Å²) in [6, 6.07) is 1.34. The SMILES string of the molecule is CC(CNC(=O)c1cc(F)c(F)c(F)c1)c1nccs1. The fourth-order valence-corrected chi connectivity index (χ4v) is 2.30. The first kappa shape index (κ1) is 14.5. The van der Waals surface area contributed by atoms with Gasteiger partial charge in [-0.15, -0.1) is 11.3 Å². The number of hydrogen-bond acceptors (Lipinski definition) is 3. The summed E-state index contributed by atoms with van der Waals surface area (Å²) in [5.74, 6) is -5.04. The van der Waals surface area contributed by atoms with Crippen LogP contribution in [-0.2, 0) is 0 Å². The molecule has 1 unspecified atom stereocenters. The number of thiazole rings is 1. The summed E-state index contributed by atoms with van der Waals surface area (Å²) in [4.78, 5) is 15.9. The van der Waals surface area contributed by atoms with Crippen LogP contribution in [0.25, 0.3) is 0 Å². The van der Waals surface area contributed by atoms with Gasteiger partial charge in [0.1, 0.15) is 0 Å². The number of aromatic nitrogens is 1. The van der Waals surface area contributed by atoms with Crippen molar-refractivity contribution in [2.75, 3.05) is 6.54 Å². The van der Waals surface area contributed by atoms with Gasteiger partial charge in [-0.1, -0.05) is 6.92 Å². The predicted molar refractivity (Wildman–Crippen MR) is 69.2 cm³/mol. The molecule has 1 amide bonds. The lowest BCUT2D eigenvalue weighted by atomic mass is 10.1. The molecule has 1 atom stereocenters. The van der Waals surface area contributed by atoms with Gasteiger partial charge in [0.25, 0.3) is 5.91 Å². The maximum absolute atomic E-state index is 13.0. The van der Waals surface area contributed by atoms with Crippen molar-refractivity contribution in [1.29, 1.82) is 0 Å². The normalized spacial score (nSPS) is 12.2. The van der Waals surface area contributed by atoms with E-state index in [1.165, 1.54) is 11.3 Å². The highest BCUT2D eigenvalue weighted by Crippen LogP contribution is 2.17. The van der Waals surface area contributed by atoms with Crippen LogP contribution >= 0.6 is 11.3 Å². The molecule has 0 saturated heterocycles. The Morgan fingerprint density at radius 3 is 2.55 bits per heavy atom. The van der Waals surface area contributed by atoms with Crippen molar-refractivity contribution in [2.45, 2.75) is 12.8 Å². The van der Waals surface area contributed by atoms with E-state index in [4.69, 9.17) is 0 Å². The van der Waals surface area contributed by atoms with Crippen LogP contribution in [0.3, 0.4) is 0 Å². The molecule has 0 fully saturated rings. The molecule has 20 heavy (non-hydrogen) atoms. The second kappa shape index (κ2) is 6.04. The van der Waals surface area contributed by atoms with Crippen LogP contribution in [0.5, 0.6) is 0 Å². The second-order valence-electron chi connectivity index (χ2n) is 4.24. The summed E-state index contributed by atoms with van der Waals surface area (Å²) in [6.45, 7) is 2.14. The summed E-state index contributed by atoms with van der Waals surface area (Å²) < 4.78 is 38.8. The van der Waals surface area contributed by atoms with Gasteiger partial charge in [-0.05, 0) is 12.1 Å². The van der Waals surface area contributed by atoms with Gasteiger partial charge in [-0.25, -0.2) is 18.2 Å². The van der Waals surface area contributed by atoms with Crippen LogP contribution in [0.15, 0.2) is 23.7 Å². The fourth-order valence-electron chi connectivity index (χ4n) is 1.60. The van der Waals surface area contributed by atoms with Crippen LogP contribution < -0.4 is 5.32 Å². The molecule has 0 aliphatic rings. The molecule has 1 aromatic heterocycles. The first-order chi connectivity index (χ1) is 9.49. The molecule has 3 nitrogen and oxygen atoms in total. The smallest absolute Gasteiger partial charge is 0.251 e. The van der Waals surface area contributed by atoms with E-state index in [0.29, 0.717) is 12.1 Å². The number of amides is 1. The highest BCUT2D eigenvalue weighted by molar-refractivity contribution is 7.09. The predicted octanol–water partition coefficient (Wildman–Crippen LogP) is 3.09. The molecule has 1 aromatic carbocycles. The van der Waals surface area contributed by atoms with Crippen LogP contribution in [0.4, 0.5) is 13.2 Å². The molecular formula is C13H11F3N2OS. The zero-order valence-electron chi connectivity index (χ0n) is 10.5. The summed E-state index contributed by atoms with van der Waals surface area (Å²) in [5, 5.41) is 5.20. The van der Waals surface area contributed by atoms with Gasteiger partial charge >= 0.3 is 0 Å². The Morgan fingerprint density at radius 1 is 1.35 bits per heavy atom. The van der Waals surface area contributed by atoms with Crippen molar-refractivity contribution in [3.8, 4) is 0 Å². The van der Waals surface area contributed by atoms with E-state index in [0.717, 1.165) is 5.01 Å². The van der Waals surface area contributed by atoms with Gasteiger partial charge in [0.15, 0.2) is 17.5 Å². The number of rotatable bonds is 4. The highest BCUT2D eigenvalue weighted by atomic mass is 32.1. The zero-order valence-corrected chi connectivity index (χ0v) is 11.3. The Balaban J connectivity index is 2.02. The molecule has 0 aliphatic heterocycles. The first-order valence-electron chi connectivity index (χ1n) is 5.81. The van der Waals surface area contributed by atoms with E-state index in [1.807, 2.05) is 12.3 Å². The van der Waals surface area contributed by atoms with Crippen molar-refractivity contribution in [1.82, 2.24) is 10.3 Å². The number of benzene rings is 1. The second-order valence-corrected chi connectivity index (χ2v) is 5.16. The quantitative estimate of drug-likeness (QED) is 0.882. The van der Waals surface area contributed by atoms with E-state index < -0.39 is 23.4 Å². The van der Waals surface area contributed by atoms with E-state index in [2.05, 4.69) is 10.3 Å². The Labute approximate surface area is 117 Å². The fraction of sp³-hybridized carbons (Fsp3) is 0.231. The molecule has 106 valence electrons. The molecule has 0 spiro atoms. The maximum atomic E-state index is 13.0. The lowest BCUT2D eigenvalue weighted by Crippen LogP contribution is -2.27. The van der Waals surface area contributed by atoms with E-state index >= 15 is 0 Å². The molecule has 0 radical (unpaired) electrons. The topological polar surface area (TPSA) is 42.0 Å². The van der Waals surface area contributed by atoms with Crippen LogP contribution in [-0.4, -0.2) is 17.4 Å². The van der Waals surface area contributed by atoms with Crippen molar-refractivity contribution in [3.05, 3.63) is 51.7 Å². The number of nitrogens with zero attached hydrogens (tertiary/aromatic N) is 1. The van der Waals surface area contributed by atoms with E-state index in [1.54, 1.807) is 6.20 Å². The summed E-state index contributed by atoms with van der Waals surface area (Å²) >= 11 is 1.45. The van der Waals surface area contributed by atoms with Gasteiger partial charge in [0, 0.05) is 29.6 Å². The molecule has 1 N–H and O–H groups in total. The van der Waals surface area contributed by atoms with Gasteiger partial charge in [0.05, 0.1) is 5.01 Å². The van der Waals surface area contributed by atoms with Gasteiger partial charge in [-0.2, -0.15) is 0 Å². The summed E-state index contributed by atoms with van der Waals surface area (Å²) in [6.07, 6.45) is 1.66.